The van der Waals surface area contributed by atoms with E-state index in [4.69, 9.17) is 14.5 Å². The van der Waals surface area contributed by atoms with E-state index in [0.29, 0.717) is 30.1 Å². The van der Waals surface area contributed by atoms with Gasteiger partial charge in [-0.05, 0) is 51.4 Å². The van der Waals surface area contributed by atoms with Crippen molar-refractivity contribution < 1.29 is 27.0 Å². The molecule has 0 amide bonds. The fourth-order valence-electron chi connectivity index (χ4n) is 5.45. The first-order valence-corrected chi connectivity index (χ1v) is 14.5. The highest BCUT2D eigenvalue weighted by Crippen LogP contribution is 2.31. The second kappa shape index (κ2) is 12.4. The number of aromatic amines is 1. The topological polar surface area (TPSA) is 107 Å². The maximum atomic E-state index is 13.5. The van der Waals surface area contributed by atoms with Crippen molar-refractivity contribution in [2.45, 2.75) is 57.5 Å². The van der Waals surface area contributed by atoms with Crippen LogP contribution in [0.25, 0.3) is 22.6 Å². The van der Waals surface area contributed by atoms with Crippen LogP contribution >= 0.6 is 0 Å². The number of hydrogen-bond acceptors (Lipinski definition) is 8. The van der Waals surface area contributed by atoms with Crippen LogP contribution in [0.5, 0.6) is 5.88 Å². The average Bonchev–Trinajstić information content (AvgIpc) is 3.61. The summed E-state index contributed by atoms with van der Waals surface area (Å²) in [6.45, 7) is 8.72. The van der Waals surface area contributed by atoms with Crippen molar-refractivity contribution in [2.75, 3.05) is 26.3 Å². The lowest BCUT2D eigenvalue weighted by atomic mass is 9.93. The van der Waals surface area contributed by atoms with Gasteiger partial charge in [0.25, 0.3) is 0 Å². The van der Waals surface area contributed by atoms with E-state index in [1.54, 1.807) is 31.3 Å². The summed E-state index contributed by atoms with van der Waals surface area (Å²) in [5, 5.41) is 5.64. The van der Waals surface area contributed by atoms with Crippen LogP contribution in [0.4, 0.5) is 17.6 Å². The van der Waals surface area contributed by atoms with E-state index in [2.05, 4.69) is 36.1 Å². The van der Waals surface area contributed by atoms with Gasteiger partial charge in [0.2, 0.25) is 11.7 Å². The van der Waals surface area contributed by atoms with Crippen LogP contribution in [-0.2, 0) is 24.0 Å². The largest absolute Gasteiger partial charge is 0.473 e. The third-order valence-electron chi connectivity index (χ3n) is 8.06. The van der Waals surface area contributed by atoms with Crippen molar-refractivity contribution in [3.05, 3.63) is 71.9 Å². The predicted molar refractivity (Wildman–Crippen MR) is 153 cm³/mol. The first kappa shape index (κ1) is 29.9. The first-order valence-electron chi connectivity index (χ1n) is 14.5. The lowest BCUT2D eigenvalue weighted by Gasteiger charge is -2.32. The Labute approximate surface area is 250 Å². The Morgan fingerprint density at radius 3 is 2.64 bits per heavy atom. The fraction of sp³-hybridized carbons (Fsp3) is 0.433. The third kappa shape index (κ3) is 6.50. The number of fused-ring (bicyclic) bond motifs is 1. The summed E-state index contributed by atoms with van der Waals surface area (Å²) < 4.78 is 66.1. The second-order valence-corrected chi connectivity index (χ2v) is 10.9. The number of aromatic nitrogens is 7. The number of pyridine rings is 2. The average molecular weight is 613 g/mol. The molecule has 2 fully saturated rings. The van der Waals surface area contributed by atoms with Gasteiger partial charge in [-0.25, -0.2) is 19.3 Å². The summed E-state index contributed by atoms with van der Waals surface area (Å²) in [6, 6.07) is 7.28. The van der Waals surface area contributed by atoms with E-state index in [9.17, 15) is 17.6 Å². The summed E-state index contributed by atoms with van der Waals surface area (Å²) in [7, 11) is 0. The van der Waals surface area contributed by atoms with Crippen molar-refractivity contribution in [2.24, 2.45) is 0 Å². The zero-order chi connectivity index (χ0) is 30.8. The van der Waals surface area contributed by atoms with Crippen molar-refractivity contribution >= 4 is 11.0 Å². The molecule has 14 heteroatoms. The van der Waals surface area contributed by atoms with Crippen LogP contribution in [0.3, 0.4) is 0 Å². The van der Waals surface area contributed by atoms with Gasteiger partial charge in [-0.3, -0.25) is 15.0 Å². The van der Waals surface area contributed by atoms with Crippen LogP contribution in [0, 0.1) is 0 Å². The monoisotopic (exact) mass is 612 g/mol. The standard InChI is InChI=1S/C30H32F4N8O2/c1-3-19(18(2)31)17-44-27-6-4-5-22(37-27)20-7-10-41(11-8-20)16-26-36-23-13-24(28-38-29(40-39-28)30(32,33)34)35-14-25(23)42(26)15-21-9-12-43-21/h3-6,13-14,20-21H,2,7-12,15-17H2,1H3,(H,38,39,40)/b19-3-/t21-/m0/s1. The van der Waals surface area contributed by atoms with E-state index in [1.807, 2.05) is 17.2 Å². The van der Waals surface area contributed by atoms with Crippen LogP contribution in [0.2, 0.25) is 0 Å². The zero-order valence-electron chi connectivity index (χ0n) is 24.1. The van der Waals surface area contributed by atoms with E-state index in [-0.39, 0.29) is 30.1 Å². The van der Waals surface area contributed by atoms with Crippen LogP contribution < -0.4 is 4.74 Å². The van der Waals surface area contributed by atoms with E-state index in [0.717, 1.165) is 56.0 Å². The molecule has 0 unspecified atom stereocenters. The molecule has 4 aromatic rings. The number of hydrogen-bond donors (Lipinski definition) is 1. The highest BCUT2D eigenvalue weighted by atomic mass is 19.4. The molecular weight excluding hydrogens is 580 g/mol. The van der Waals surface area contributed by atoms with Gasteiger partial charge < -0.3 is 14.0 Å². The van der Waals surface area contributed by atoms with Crippen molar-refractivity contribution in [3.63, 3.8) is 0 Å². The number of ether oxygens (including phenoxy) is 2. The molecule has 0 radical (unpaired) electrons. The summed E-state index contributed by atoms with van der Waals surface area (Å²) in [6.07, 6.45) is 1.42. The van der Waals surface area contributed by atoms with E-state index >= 15 is 0 Å². The number of halogens is 4. The number of likely N-dealkylation sites (tertiary alicyclic amines) is 1. The molecular formula is C30H32F4N8O2. The predicted octanol–water partition coefficient (Wildman–Crippen LogP) is 5.61. The summed E-state index contributed by atoms with van der Waals surface area (Å²) >= 11 is 0. The minimum absolute atomic E-state index is 0.0669. The van der Waals surface area contributed by atoms with Gasteiger partial charge in [-0.1, -0.05) is 18.7 Å². The SMILES string of the molecule is C=C(F)/C(=C\C)COc1cccc(C2CCN(Cc3nc4cc(-c5n[nH]c(C(F)(F)F)n5)ncc4n3C[C@@H]3CCO3)CC2)n1. The number of alkyl halides is 3. The molecule has 1 atom stereocenters. The molecule has 0 saturated carbocycles. The molecule has 0 spiro atoms. The Balaban J connectivity index is 1.15. The van der Waals surface area contributed by atoms with Gasteiger partial charge >= 0.3 is 6.18 Å². The Kier molecular flexibility index (Phi) is 8.45. The molecule has 0 aliphatic carbocycles. The molecule has 0 bridgehead atoms. The third-order valence-corrected chi connectivity index (χ3v) is 8.06. The maximum absolute atomic E-state index is 13.5. The van der Waals surface area contributed by atoms with Crippen LogP contribution in [-0.4, -0.2) is 72.0 Å². The Hall–Kier alpha value is -4.17. The normalized spacial score (nSPS) is 18.5. The molecule has 10 nitrogen and oxygen atoms in total. The zero-order valence-corrected chi connectivity index (χ0v) is 24.1. The van der Waals surface area contributed by atoms with Gasteiger partial charge in [0, 0.05) is 29.9 Å². The lowest BCUT2D eigenvalue weighted by Crippen LogP contribution is -2.35. The smallest absolute Gasteiger partial charge is 0.451 e. The molecule has 2 saturated heterocycles. The molecule has 1 N–H and O–H groups in total. The van der Waals surface area contributed by atoms with Crippen molar-refractivity contribution in [3.8, 4) is 17.4 Å². The van der Waals surface area contributed by atoms with Crippen molar-refractivity contribution in [1.29, 1.82) is 0 Å². The van der Waals surface area contributed by atoms with Crippen LogP contribution in [0.1, 0.15) is 49.4 Å². The van der Waals surface area contributed by atoms with Crippen LogP contribution in [0.15, 0.2) is 54.5 Å². The Morgan fingerprint density at radius 1 is 1.18 bits per heavy atom. The van der Waals surface area contributed by atoms with Gasteiger partial charge in [-0.2, -0.15) is 18.3 Å². The highest BCUT2D eigenvalue weighted by molar-refractivity contribution is 5.78. The van der Waals surface area contributed by atoms with Gasteiger partial charge in [0.1, 0.15) is 24.0 Å². The molecule has 6 heterocycles. The quantitative estimate of drug-likeness (QED) is 0.182. The molecule has 2 aliphatic rings. The van der Waals surface area contributed by atoms with Gasteiger partial charge in [0.05, 0.1) is 36.4 Å². The van der Waals surface area contributed by atoms with E-state index < -0.39 is 17.8 Å². The fourth-order valence-corrected chi connectivity index (χ4v) is 5.45. The summed E-state index contributed by atoms with van der Waals surface area (Å²) in [4.78, 5) is 19.8. The molecule has 2 aliphatic heterocycles. The lowest BCUT2D eigenvalue weighted by molar-refractivity contribution is -0.144. The molecule has 232 valence electrons. The van der Waals surface area contributed by atoms with Crippen molar-refractivity contribution in [1.82, 2.24) is 39.6 Å². The number of imidazole rings is 1. The van der Waals surface area contributed by atoms with Gasteiger partial charge in [0.15, 0.2) is 5.82 Å². The van der Waals surface area contributed by atoms with E-state index in [1.165, 1.54) is 0 Å². The number of piperidine rings is 1. The van der Waals surface area contributed by atoms with Gasteiger partial charge in [-0.15, -0.1) is 0 Å². The second-order valence-electron chi connectivity index (χ2n) is 10.9. The molecule has 6 rings (SSSR count). The number of allylic oxidation sites excluding steroid dienone is 1. The molecule has 44 heavy (non-hydrogen) atoms. The summed E-state index contributed by atoms with van der Waals surface area (Å²) in [5.74, 6) is -0.296. The number of nitrogens with one attached hydrogen (secondary N) is 1. The maximum Gasteiger partial charge on any atom is 0.451 e. The number of nitrogens with zero attached hydrogens (tertiary/aromatic N) is 7. The Morgan fingerprint density at radius 2 is 1.98 bits per heavy atom. The highest BCUT2D eigenvalue weighted by Gasteiger charge is 2.35. The summed E-state index contributed by atoms with van der Waals surface area (Å²) in [5.41, 5.74) is 2.92. The first-order chi connectivity index (χ1) is 21.2. The Bertz CT molecular complexity index is 1670. The molecule has 0 aromatic carbocycles. The molecule has 4 aromatic heterocycles. The number of H-pyrrole nitrogens is 1. The minimum atomic E-state index is -4.63. The number of rotatable bonds is 10. The minimum Gasteiger partial charge on any atom is -0.473 e.